The Bertz CT molecular complexity index is 1220. The molecule has 0 radical (unpaired) electrons. The number of hydrogen-bond donors (Lipinski definition) is 1. The largest absolute Gasteiger partial charge is 0.494 e. The molecule has 0 saturated carbocycles. The third kappa shape index (κ3) is 5.00. The maximum absolute atomic E-state index is 12.5. The molecule has 0 atom stereocenters. The monoisotopic (exact) mass is 431 g/mol. The number of amides is 1. The maximum Gasteiger partial charge on any atom is 0.252 e. The van der Waals surface area contributed by atoms with Crippen molar-refractivity contribution in [2.45, 2.75) is 24.8 Å². The molecule has 0 fully saturated rings. The minimum Gasteiger partial charge on any atom is -0.494 e. The van der Waals surface area contributed by atoms with Gasteiger partial charge in [-0.25, -0.2) is 13.6 Å². The molecule has 7 nitrogen and oxygen atoms in total. The lowest BCUT2D eigenvalue weighted by Crippen LogP contribution is -2.17. The number of rotatable bonds is 7. The zero-order chi connectivity index (χ0) is 21.0. The van der Waals surface area contributed by atoms with Crippen molar-refractivity contribution in [1.29, 1.82) is 0 Å². The molecule has 0 aliphatic heterocycles. The van der Waals surface area contributed by atoms with E-state index in [1.165, 1.54) is 23.5 Å². The summed E-state index contributed by atoms with van der Waals surface area (Å²) in [4.78, 5) is 17.2. The predicted molar refractivity (Wildman–Crippen MR) is 113 cm³/mol. The normalized spacial score (nSPS) is 12.3. The lowest BCUT2D eigenvalue weighted by Gasteiger charge is -2.04. The van der Waals surface area contributed by atoms with Crippen LogP contribution in [0.25, 0.3) is 10.2 Å². The average Bonchev–Trinajstić information content (AvgIpc) is 2.99. The number of nitrogens with zero attached hydrogens (tertiary/aromatic N) is 2. The first kappa shape index (κ1) is 21.0. The fourth-order valence-electron chi connectivity index (χ4n) is 2.81. The van der Waals surface area contributed by atoms with Crippen molar-refractivity contribution in [2.24, 2.45) is 10.1 Å². The molecule has 152 valence electrons. The molecule has 0 bridgehead atoms. The number of carbonyl (C=O) groups is 1. The maximum atomic E-state index is 12.5. The number of benzene rings is 2. The van der Waals surface area contributed by atoms with E-state index >= 15 is 0 Å². The second-order valence-electron chi connectivity index (χ2n) is 6.22. The Morgan fingerprint density at radius 3 is 2.62 bits per heavy atom. The summed E-state index contributed by atoms with van der Waals surface area (Å²) in [5.41, 5.74) is 1.59. The molecule has 3 rings (SSSR count). The van der Waals surface area contributed by atoms with Crippen LogP contribution < -0.4 is 14.7 Å². The van der Waals surface area contributed by atoms with E-state index in [1.807, 2.05) is 35.8 Å². The Balaban J connectivity index is 1.95. The zero-order valence-electron chi connectivity index (χ0n) is 15.9. The Morgan fingerprint density at radius 1 is 1.28 bits per heavy atom. The Labute approximate surface area is 172 Å². The van der Waals surface area contributed by atoms with E-state index in [9.17, 15) is 13.2 Å². The number of ether oxygens (including phenoxy) is 1. The highest BCUT2D eigenvalue weighted by molar-refractivity contribution is 7.89. The highest BCUT2D eigenvalue weighted by Crippen LogP contribution is 2.21. The van der Waals surface area contributed by atoms with Crippen LogP contribution in [0, 0.1) is 0 Å². The number of nitrogens with two attached hydrogens (primary N) is 1. The van der Waals surface area contributed by atoms with Crippen molar-refractivity contribution in [1.82, 2.24) is 4.57 Å². The summed E-state index contributed by atoms with van der Waals surface area (Å²) in [5.74, 6) is 0.449. The van der Waals surface area contributed by atoms with Gasteiger partial charge in [-0.3, -0.25) is 4.79 Å². The van der Waals surface area contributed by atoms with Crippen molar-refractivity contribution in [3.8, 4) is 5.75 Å². The van der Waals surface area contributed by atoms with Gasteiger partial charge in [-0.2, -0.15) is 4.99 Å². The summed E-state index contributed by atoms with van der Waals surface area (Å²) in [7, 11) is -3.81. The minimum atomic E-state index is -3.81. The van der Waals surface area contributed by atoms with E-state index < -0.39 is 10.0 Å². The van der Waals surface area contributed by atoms with Gasteiger partial charge in [-0.1, -0.05) is 29.5 Å². The van der Waals surface area contributed by atoms with Crippen LogP contribution in [0.2, 0.25) is 0 Å². The molecule has 2 aromatic carbocycles. The molecule has 2 N–H and O–H groups in total. The van der Waals surface area contributed by atoms with E-state index in [0.717, 1.165) is 16.8 Å². The number of primary sulfonamides is 1. The smallest absolute Gasteiger partial charge is 0.252 e. The lowest BCUT2D eigenvalue weighted by molar-refractivity contribution is -0.117. The molecule has 1 amide bonds. The topological polar surface area (TPSA) is 104 Å². The highest BCUT2D eigenvalue weighted by Gasteiger charge is 2.13. The van der Waals surface area contributed by atoms with Crippen LogP contribution in [0.5, 0.6) is 5.75 Å². The van der Waals surface area contributed by atoms with E-state index in [1.54, 1.807) is 12.1 Å². The number of carbonyl (C=O) groups excluding carboxylic acids is 1. The third-order valence-electron chi connectivity index (χ3n) is 4.10. The van der Waals surface area contributed by atoms with Gasteiger partial charge in [0.25, 0.3) is 5.91 Å². The van der Waals surface area contributed by atoms with Gasteiger partial charge in [0, 0.05) is 6.54 Å². The number of aromatic nitrogens is 1. The van der Waals surface area contributed by atoms with E-state index in [0.29, 0.717) is 22.7 Å². The lowest BCUT2D eigenvalue weighted by atomic mass is 10.1. The van der Waals surface area contributed by atoms with Crippen LogP contribution in [0.15, 0.2) is 65.0 Å². The van der Waals surface area contributed by atoms with Crippen molar-refractivity contribution >= 4 is 37.5 Å². The molecule has 1 aromatic heterocycles. The molecule has 0 saturated heterocycles. The molecule has 0 spiro atoms. The van der Waals surface area contributed by atoms with Crippen molar-refractivity contribution < 1.29 is 17.9 Å². The Hall–Kier alpha value is -2.75. The number of sulfonamides is 1. The number of hydrogen-bond acceptors (Lipinski definition) is 5. The molecular weight excluding hydrogens is 410 g/mol. The van der Waals surface area contributed by atoms with Crippen LogP contribution in [0.1, 0.15) is 12.5 Å². The van der Waals surface area contributed by atoms with Gasteiger partial charge in [0.15, 0.2) is 4.80 Å². The summed E-state index contributed by atoms with van der Waals surface area (Å²) >= 11 is 1.23. The van der Waals surface area contributed by atoms with Crippen molar-refractivity contribution in [3.05, 3.63) is 65.5 Å². The predicted octanol–water partition coefficient (Wildman–Crippen LogP) is 2.60. The second kappa shape index (κ2) is 8.73. The average molecular weight is 432 g/mol. The first-order chi connectivity index (χ1) is 13.8. The van der Waals surface area contributed by atoms with E-state index in [2.05, 4.69) is 11.6 Å². The van der Waals surface area contributed by atoms with Gasteiger partial charge in [0.2, 0.25) is 10.0 Å². The number of thiazole rings is 1. The van der Waals surface area contributed by atoms with Gasteiger partial charge in [0.1, 0.15) is 5.75 Å². The molecular formula is C20H21N3O4S2. The van der Waals surface area contributed by atoms with Gasteiger partial charge >= 0.3 is 0 Å². The minimum absolute atomic E-state index is 0.0178. The third-order valence-corrected chi connectivity index (χ3v) is 6.06. The molecule has 1 heterocycles. The van der Waals surface area contributed by atoms with E-state index in [4.69, 9.17) is 9.88 Å². The summed E-state index contributed by atoms with van der Waals surface area (Å²) in [5, 5.41) is 5.21. The standard InChI is InChI=1S/C20H21N3O4S2/c1-3-11-23-17-10-9-16(29(21,25)26)13-18(17)28-20(23)22-19(24)12-14-5-7-15(8-6-14)27-4-2/h3,5-10,13H,1,4,11-12H2,2H3,(H2,21,25,26). The molecule has 0 aliphatic carbocycles. The van der Waals surface area contributed by atoms with Crippen LogP contribution in [0.3, 0.4) is 0 Å². The van der Waals surface area contributed by atoms with Crippen molar-refractivity contribution in [3.63, 3.8) is 0 Å². The highest BCUT2D eigenvalue weighted by atomic mass is 32.2. The molecule has 29 heavy (non-hydrogen) atoms. The molecule has 3 aromatic rings. The van der Waals surface area contributed by atoms with Gasteiger partial charge < -0.3 is 9.30 Å². The van der Waals surface area contributed by atoms with Crippen LogP contribution in [0.4, 0.5) is 0 Å². The quantitative estimate of drug-likeness (QED) is 0.581. The zero-order valence-corrected chi connectivity index (χ0v) is 17.5. The second-order valence-corrected chi connectivity index (χ2v) is 8.79. The van der Waals surface area contributed by atoms with Gasteiger partial charge in [0.05, 0.1) is 28.1 Å². The van der Waals surface area contributed by atoms with Gasteiger partial charge in [-0.15, -0.1) is 6.58 Å². The summed E-state index contributed by atoms with van der Waals surface area (Å²) in [6.07, 6.45) is 1.84. The fourth-order valence-corrected chi connectivity index (χ4v) is 4.52. The SMILES string of the molecule is C=CCn1c(=NC(=O)Cc2ccc(OCC)cc2)sc2cc(S(N)(=O)=O)ccc21. The first-order valence-corrected chi connectivity index (χ1v) is 11.2. The summed E-state index contributed by atoms with van der Waals surface area (Å²) in [6.45, 7) is 6.66. The number of allylic oxidation sites excluding steroid dienone is 1. The van der Waals surface area contributed by atoms with Crippen LogP contribution in [-0.4, -0.2) is 25.5 Å². The van der Waals surface area contributed by atoms with Crippen molar-refractivity contribution in [2.75, 3.05) is 6.61 Å². The summed E-state index contributed by atoms with van der Waals surface area (Å²) < 4.78 is 31.1. The fraction of sp³-hybridized carbons (Fsp3) is 0.200. The first-order valence-electron chi connectivity index (χ1n) is 8.88. The molecule has 0 aliphatic rings. The summed E-state index contributed by atoms with van der Waals surface area (Å²) in [6, 6.07) is 11.9. The molecule has 9 heteroatoms. The van der Waals surface area contributed by atoms with Crippen LogP contribution in [-0.2, 0) is 27.8 Å². The Morgan fingerprint density at radius 2 is 2.00 bits per heavy atom. The Kier molecular flexibility index (Phi) is 6.31. The van der Waals surface area contributed by atoms with E-state index in [-0.39, 0.29) is 17.2 Å². The van der Waals surface area contributed by atoms with Crippen LogP contribution >= 0.6 is 11.3 Å². The number of fused-ring (bicyclic) bond motifs is 1. The molecule has 0 unspecified atom stereocenters. The van der Waals surface area contributed by atoms with Gasteiger partial charge in [-0.05, 0) is 42.8 Å².